The Balaban J connectivity index is 6.04. The van der Waals surface area contributed by atoms with Crippen molar-refractivity contribution < 1.29 is 38.1 Å². The predicted octanol–water partition coefficient (Wildman–Crippen LogP) is 2.59. The van der Waals surface area contributed by atoms with Crippen molar-refractivity contribution in [2.24, 2.45) is 10.8 Å². The second kappa shape index (κ2) is 14.7. The van der Waals surface area contributed by atoms with Gasteiger partial charge in [0.05, 0.1) is 26.4 Å². The van der Waals surface area contributed by atoms with Crippen LogP contribution in [-0.4, -0.2) is 50.3 Å². The molecule has 0 saturated carbocycles. The maximum Gasteiger partial charge on any atom is 0.324 e. The van der Waals surface area contributed by atoms with E-state index >= 15 is 0 Å². The number of terminal acetylenes is 2. The summed E-state index contributed by atoms with van der Waals surface area (Å²) in [6, 6.07) is 0. The number of hydrogen-bond acceptors (Lipinski definition) is 8. The Morgan fingerprint density at radius 2 is 0.875 bits per heavy atom. The van der Waals surface area contributed by atoms with Crippen LogP contribution in [0.15, 0.2) is 12.2 Å². The van der Waals surface area contributed by atoms with Crippen molar-refractivity contribution in [3.8, 4) is 24.7 Å². The quantitative estimate of drug-likeness (QED) is 0.131. The van der Waals surface area contributed by atoms with Crippen LogP contribution in [0.5, 0.6) is 0 Å². The molecule has 0 bridgehead atoms. The van der Waals surface area contributed by atoms with Crippen molar-refractivity contribution in [3.63, 3.8) is 0 Å². The van der Waals surface area contributed by atoms with E-state index in [0.717, 1.165) is 0 Å². The third-order valence-corrected chi connectivity index (χ3v) is 4.57. The zero-order valence-electron chi connectivity index (χ0n) is 19.2. The number of carbonyl (C=O) groups is 4. The first-order valence-corrected chi connectivity index (χ1v) is 10.5. The van der Waals surface area contributed by atoms with Crippen molar-refractivity contribution in [3.05, 3.63) is 12.2 Å². The highest BCUT2D eigenvalue weighted by molar-refractivity contribution is 6.01. The second-order valence-corrected chi connectivity index (χ2v) is 6.69. The summed E-state index contributed by atoms with van der Waals surface area (Å²) in [7, 11) is 0. The number of rotatable bonds is 14. The van der Waals surface area contributed by atoms with E-state index in [1.54, 1.807) is 27.7 Å². The summed E-state index contributed by atoms with van der Waals surface area (Å²) in [4.78, 5) is 50.5. The normalized spacial score (nSPS) is 11.2. The zero-order chi connectivity index (χ0) is 24.6. The summed E-state index contributed by atoms with van der Waals surface area (Å²) >= 11 is 0. The number of esters is 4. The molecular formula is C24H32O8. The van der Waals surface area contributed by atoms with Crippen molar-refractivity contribution in [1.82, 2.24) is 0 Å². The van der Waals surface area contributed by atoms with Gasteiger partial charge in [-0.2, -0.15) is 0 Å². The van der Waals surface area contributed by atoms with Crippen LogP contribution < -0.4 is 0 Å². The number of hydrogen-bond donors (Lipinski definition) is 0. The van der Waals surface area contributed by atoms with Gasteiger partial charge in [0, 0.05) is 12.8 Å². The molecular weight excluding hydrogens is 416 g/mol. The lowest BCUT2D eigenvalue weighted by Gasteiger charge is -2.27. The molecule has 0 aromatic carbocycles. The highest BCUT2D eigenvalue weighted by atomic mass is 16.6. The van der Waals surface area contributed by atoms with Gasteiger partial charge in [-0.15, -0.1) is 24.7 Å². The molecule has 0 unspecified atom stereocenters. The lowest BCUT2D eigenvalue weighted by Crippen LogP contribution is -2.42. The molecule has 32 heavy (non-hydrogen) atoms. The van der Waals surface area contributed by atoms with Crippen LogP contribution in [0.3, 0.4) is 0 Å². The molecule has 0 aromatic heterocycles. The van der Waals surface area contributed by atoms with Gasteiger partial charge in [0.2, 0.25) is 0 Å². The smallest absolute Gasteiger partial charge is 0.324 e. The third-order valence-electron chi connectivity index (χ3n) is 4.57. The van der Waals surface area contributed by atoms with Gasteiger partial charge in [0.1, 0.15) is 0 Å². The van der Waals surface area contributed by atoms with E-state index in [0.29, 0.717) is 0 Å². The number of allylic oxidation sites excluding steroid dienone is 2. The molecule has 0 saturated heterocycles. The minimum Gasteiger partial charge on any atom is -0.465 e. The van der Waals surface area contributed by atoms with Crippen LogP contribution >= 0.6 is 0 Å². The second-order valence-electron chi connectivity index (χ2n) is 6.69. The molecule has 8 heteroatoms. The third kappa shape index (κ3) is 7.16. The van der Waals surface area contributed by atoms with E-state index in [9.17, 15) is 19.2 Å². The van der Waals surface area contributed by atoms with E-state index in [1.807, 2.05) is 0 Å². The average Bonchev–Trinajstić information content (AvgIpc) is 2.75. The molecule has 8 nitrogen and oxygen atoms in total. The molecule has 0 aliphatic rings. The minimum atomic E-state index is -1.75. The van der Waals surface area contributed by atoms with Crippen molar-refractivity contribution in [1.29, 1.82) is 0 Å². The van der Waals surface area contributed by atoms with Crippen molar-refractivity contribution in [2.75, 3.05) is 26.4 Å². The first-order valence-electron chi connectivity index (χ1n) is 10.5. The van der Waals surface area contributed by atoms with Gasteiger partial charge < -0.3 is 18.9 Å². The maximum absolute atomic E-state index is 12.6. The molecule has 0 fully saturated rings. The molecule has 0 N–H and O–H groups in total. The molecule has 0 spiro atoms. The van der Waals surface area contributed by atoms with Crippen molar-refractivity contribution in [2.45, 2.75) is 53.4 Å². The minimum absolute atomic E-state index is 0.0469. The summed E-state index contributed by atoms with van der Waals surface area (Å²) in [5.74, 6) is 1.40. The summed E-state index contributed by atoms with van der Waals surface area (Å²) in [5.41, 5.74) is -3.50. The molecule has 0 rings (SSSR count). The Labute approximate surface area is 190 Å². The van der Waals surface area contributed by atoms with Gasteiger partial charge in [-0.3, -0.25) is 19.2 Å². The number of ether oxygens (including phenoxy) is 4. The fourth-order valence-electron chi connectivity index (χ4n) is 2.93. The summed E-state index contributed by atoms with van der Waals surface area (Å²) in [6.45, 7) is 6.60. The van der Waals surface area contributed by atoms with Crippen LogP contribution in [0.4, 0.5) is 0 Å². The van der Waals surface area contributed by atoms with Gasteiger partial charge in [-0.25, -0.2) is 0 Å². The van der Waals surface area contributed by atoms with E-state index < -0.39 is 34.7 Å². The topological polar surface area (TPSA) is 105 Å². The van der Waals surface area contributed by atoms with Crippen LogP contribution in [0.1, 0.15) is 53.4 Å². The van der Waals surface area contributed by atoms with Crippen LogP contribution in [0.2, 0.25) is 0 Å². The molecule has 0 amide bonds. The van der Waals surface area contributed by atoms with E-state index in [4.69, 9.17) is 31.8 Å². The Kier molecular flexibility index (Phi) is 13.2. The monoisotopic (exact) mass is 448 g/mol. The first-order chi connectivity index (χ1) is 15.3. The highest BCUT2D eigenvalue weighted by Crippen LogP contribution is 2.34. The molecule has 0 aliphatic heterocycles. The Bertz CT molecular complexity index is 666. The molecule has 0 radical (unpaired) electrons. The Morgan fingerprint density at radius 1 is 0.625 bits per heavy atom. The highest BCUT2D eigenvalue weighted by Gasteiger charge is 2.49. The average molecular weight is 449 g/mol. The predicted molar refractivity (Wildman–Crippen MR) is 117 cm³/mol. The molecule has 0 aliphatic carbocycles. The lowest BCUT2D eigenvalue weighted by molar-refractivity contribution is -0.173. The lowest BCUT2D eigenvalue weighted by atomic mass is 9.79. The molecule has 0 atom stereocenters. The Morgan fingerprint density at radius 3 is 1.06 bits per heavy atom. The van der Waals surface area contributed by atoms with Gasteiger partial charge in [0.15, 0.2) is 10.8 Å². The SMILES string of the molecule is C#CCC(C/C=C/CC(CC#C)(C(=O)OCC)C(=O)OCC)(C(=O)OCC)C(=O)OCC. The van der Waals surface area contributed by atoms with Gasteiger partial charge in [-0.1, -0.05) is 12.2 Å². The Hall–Kier alpha value is -3.26. The standard InChI is InChI=1S/C24H32O8/c1-7-15-23(19(25)29-9-3,20(26)30-10-4)17-13-14-18-24(16-8-2,21(27)31-11-5)22(28)32-12-6/h1-2,13-14H,9-12,15-18H2,3-6H3/b14-13+. The van der Waals surface area contributed by atoms with Crippen molar-refractivity contribution >= 4 is 23.9 Å². The maximum atomic E-state index is 12.6. The fraction of sp³-hybridized carbons (Fsp3) is 0.583. The molecule has 0 aromatic rings. The van der Waals surface area contributed by atoms with Gasteiger partial charge in [-0.05, 0) is 40.5 Å². The van der Waals surface area contributed by atoms with Gasteiger partial charge in [0.25, 0.3) is 0 Å². The van der Waals surface area contributed by atoms with E-state index in [2.05, 4.69) is 11.8 Å². The largest absolute Gasteiger partial charge is 0.465 e. The zero-order valence-corrected chi connectivity index (χ0v) is 19.2. The van der Waals surface area contributed by atoms with E-state index in [1.165, 1.54) is 12.2 Å². The van der Waals surface area contributed by atoms with E-state index in [-0.39, 0.29) is 52.1 Å². The summed E-state index contributed by atoms with van der Waals surface area (Å²) < 4.78 is 20.2. The van der Waals surface area contributed by atoms with Crippen LogP contribution in [0.25, 0.3) is 0 Å². The number of carbonyl (C=O) groups excluding carboxylic acids is 4. The molecule has 0 heterocycles. The van der Waals surface area contributed by atoms with Crippen LogP contribution in [0, 0.1) is 35.5 Å². The molecule has 176 valence electrons. The summed E-state index contributed by atoms with van der Waals surface area (Å²) in [6.07, 6.45) is 12.9. The van der Waals surface area contributed by atoms with Gasteiger partial charge >= 0.3 is 23.9 Å². The van der Waals surface area contributed by atoms with Crippen LogP contribution in [-0.2, 0) is 38.1 Å². The summed E-state index contributed by atoms with van der Waals surface area (Å²) in [5, 5.41) is 0. The first kappa shape index (κ1) is 28.7. The fourth-order valence-corrected chi connectivity index (χ4v) is 2.93.